The van der Waals surface area contributed by atoms with Crippen molar-refractivity contribution in [2.75, 3.05) is 0 Å². The van der Waals surface area contributed by atoms with Gasteiger partial charge >= 0.3 is 0 Å². The van der Waals surface area contributed by atoms with Crippen LogP contribution in [0.5, 0.6) is 0 Å². The topological polar surface area (TPSA) is 17.3 Å². The van der Waals surface area contributed by atoms with Crippen LogP contribution in [0.2, 0.25) is 0 Å². The molecule has 0 aliphatic heterocycles. The van der Waals surface area contributed by atoms with E-state index < -0.39 is 0 Å². The third-order valence-electron chi connectivity index (χ3n) is 2.67. The van der Waals surface area contributed by atoms with Crippen LogP contribution in [-0.4, -0.2) is 9.38 Å². The van der Waals surface area contributed by atoms with Gasteiger partial charge in [0.05, 0.1) is 16.7 Å². The number of benzene rings is 1. The number of hydrogen-bond donors (Lipinski definition) is 0. The van der Waals surface area contributed by atoms with E-state index in [0.29, 0.717) is 0 Å². The van der Waals surface area contributed by atoms with Gasteiger partial charge in [0.1, 0.15) is 0 Å². The molecule has 3 heteroatoms. The lowest BCUT2D eigenvalue weighted by Crippen LogP contribution is -1.89. The van der Waals surface area contributed by atoms with Gasteiger partial charge in [-0.15, -0.1) is 0 Å². The summed E-state index contributed by atoms with van der Waals surface area (Å²) in [5, 5.41) is 1.24. The molecule has 1 aromatic carbocycles. The van der Waals surface area contributed by atoms with Gasteiger partial charge in [-0.05, 0) is 35.0 Å². The molecule has 15 heavy (non-hydrogen) atoms. The highest BCUT2D eigenvalue weighted by Crippen LogP contribution is 2.27. The van der Waals surface area contributed by atoms with Crippen LogP contribution in [0.15, 0.2) is 41.1 Å². The van der Waals surface area contributed by atoms with E-state index in [2.05, 4.69) is 49.6 Å². The molecule has 0 N–H and O–H groups in total. The Morgan fingerprint density at radius 1 is 1.33 bits per heavy atom. The molecule has 0 fully saturated rings. The summed E-state index contributed by atoms with van der Waals surface area (Å²) in [6.45, 7) is 2.03. The highest BCUT2D eigenvalue weighted by molar-refractivity contribution is 9.10. The molecule has 2 aromatic heterocycles. The zero-order valence-electron chi connectivity index (χ0n) is 8.24. The fourth-order valence-corrected chi connectivity index (χ4v) is 2.52. The Labute approximate surface area is 95.7 Å². The predicted molar refractivity (Wildman–Crippen MR) is 65.1 cm³/mol. The lowest BCUT2D eigenvalue weighted by Gasteiger charge is -2.00. The zero-order chi connectivity index (χ0) is 10.4. The Morgan fingerprint density at radius 2 is 2.20 bits per heavy atom. The average Bonchev–Trinajstić information content (AvgIpc) is 2.59. The van der Waals surface area contributed by atoms with Crippen LogP contribution >= 0.6 is 15.9 Å². The monoisotopic (exact) mass is 260 g/mol. The zero-order valence-corrected chi connectivity index (χ0v) is 9.82. The SMILES string of the molecule is Cc1nccn2c1cc1cccc(Br)c12. The van der Waals surface area contributed by atoms with Crippen LogP contribution in [0, 0.1) is 6.92 Å². The van der Waals surface area contributed by atoms with Gasteiger partial charge in [0.15, 0.2) is 0 Å². The highest BCUT2D eigenvalue weighted by atomic mass is 79.9. The molecule has 0 saturated carbocycles. The molecule has 0 spiro atoms. The van der Waals surface area contributed by atoms with Crippen LogP contribution < -0.4 is 0 Å². The van der Waals surface area contributed by atoms with Crippen molar-refractivity contribution in [3.63, 3.8) is 0 Å². The maximum Gasteiger partial charge on any atom is 0.0675 e. The summed E-state index contributed by atoms with van der Waals surface area (Å²) >= 11 is 3.58. The number of rotatable bonds is 0. The number of para-hydroxylation sites is 1. The van der Waals surface area contributed by atoms with E-state index in [1.54, 1.807) is 0 Å². The molecule has 0 aliphatic rings. The van der Waals surface area contributed by atoms with Gasteiger partial charge in [-0.3, -0.25) is 4.98 Å². The van der Waals surface area contributed by atoms with Crippen molar-refractivity contribution in [1.82, 2.24) is 9.38 Å². The minimum Gasteiger partial charge on any atom is -0.312 e. The van der Waals surface area contributed by atoms with Gasteiger partial charge in [0, 0.05) is 22.3 Å². The van der Waals surface area contributed by atoms with E-state index in [1.807, 2.05) is 19.3 Å². The fourth-order valence-electron chi connectivity index (χ4n) is 1.95. The van der Waals surface area contributed by atoms with Crippen molar-refractivity contribution < 1.29 is 0 Å². The maximum absolute atomic E-state index is 4.30. The first-order valence-corrected chi connectivity index (χ1v) is 5.57. The summed E-state index contributed by atoms with van der Waals surface area (Å²) in [6.07, 6.45) is 3.83. The van der Waals surface area contributed by atoms with Crippen molar-refractivity contribution in [2.45, 2.75) is 6.92 Å². The molecule has 3 aromatic rings. The molecule has 0 atom stereocenters. The first-order chi connectivity index (χ1) is 7.27. The summed E-state index contributed by atoms with van der Waals surface area (Å²) in [4.78, 5) is 4.30. The lowest BCUT2D eigenvalue weighted by molar-refractivity contribution is 1.12. The minimum absolute atomic E-state index is 1.06. The lowest BCUT2D eigenvalue weighted by atomic mass is 10.2. The summed E-state index contributed by atoms with van der Waals surface area (Å²) < 4.78 is 3.28. The maximum atomic E-state index is 4.30. The third kappa shape index (κ3) is 1.20. The third-order valence-corrected chi connectivity index (χ3v) is 3.31. The van der Waals surface area contributed by atoms with Crippen LogP contribution in [0.3, 0.4) is 0 Å². The van der Waals surface area contributed by atoms with Crippen LogP contribution in [0.4, 0.5) is 0 Å². The molecule has 3 rings (SSSR count). The van der Waals surface area contributed by atoms with E-state index in [0.717, 1.165) is 10.2 Å². The molecule has 2 nitrogen and oxygen atoms in total. The van der Waals surface area contributed by atoms with Gasteiger partial charge in [0.2, 0.25) is 0 Å². The van der Waals surface area contributed by atoms with Gasteiger partial charge in [-0.2, -0.15) is 0 Å². The average molecular weight is 261 g/mol. The highest BCUT2D eigenvalue weighted by Gasteiger charge is 2.06. The number of nitrogens with zero attached hydrogens (tertiary/aromatic N) is 2. The van der Waals surface area contributed by atoms with Crippen molar-refractivity contribution in [1.29, 1.82) is 0 Å². The first kappa shape index (κ1) is 8.92. The van der Waals surface area contributed by atoms with E-state index in [1.165, 1.54) is 16.4 Å². The first-order valence-electron chi connectivity index (χ1n) is 4.78. The molecule has 2 heterocycles. The van der Waals surface area contributed by atoms with E-state index in [-0.39, 0.29) is 0 Å². The summed E-state index contributed by atoms with van der Waals surface area (Å²) in [5.41, 5.74) is 3.43. The normalized spacial score (nSPS) is 11.3. The summed E-state index contributed by atoms with van der Waals surface area (Å²) in [6, 6.07) is 8.40. The van der Waals surface area contributed by atoms with Crippen molar-refractivity contribution in [2.24, 2.45) is 0 Å². The Kier molecular flexibility index (Phi) is 1.83. The molecule has 0 unspecified atom stereocenters. The smallest absolute Gasteiger partial charge is 0.0675 e. The molecule has 0 aliphatic carbocycles. The second kappa shape index (κ2) is 3.07. The number of halogens is 1. The van der Waals surface area contributed by atoms with Crippen molar-refractivity contribution >= 4 is 32.3 Å². The second-order valence-electron chi connectivity index (χ2n) is 3.59. The minimum atomic E-state index is 1.06. The van der Waals surface area contributed by atoms with E-state index >= 15 is 0 Å². The van der Waals surface area contributed by atoms with Crippen LogP contribution in [-0.2, 0) is 0 Å². The predicted octanol–water partition coefficient (Wildman–Crippen LogP) is 3.56. The van der Waals surface area contributed by atoms with Gasteiger partial charge < -0.3 is 4.40 Å². The Hall–Kier alpha value is -1.35. The molecular formula is C12H9BrN2. The molecule has 0 amide bonds. The van der Waals surface area contributed by atoms with Crippen molar-refractivity contribution in [3.8, 4) is 0 Å². The fraction of sp³-hybridized carbons (Fsp3) is 0.0833. The quantitative estimate of drug-likeness (QED) is 0.604. The standard InChI is InChI=1S/C12H9BrN2/c1-8-11-7-9-3-2-4-10(13)12(9)15(11)6-5-14-8/h2-7H,1H3. The van der Waals surface area contributed by atoms with Crippen LogP contribution in [0.1, 0.15) is 5.69 Å². The molecule has 74 valence electrons. The summed E-state index contributed by atoms with van der Waals surface area (Å²) in [5.74, 6) is 0. The molecule has 0 radical (unpaired) electrons. The second-order valence-corrected chi connectivity index (χ2v) is 4.44. The van der Waals surface area contributed by atoms with Gasteiger partial charge in [0.25, 0.3) is 0 Å². The Morgan fingerprint density at radius 3 is 3.07 bits per heavy atom. The number of fused-ring (bicyclic) bond motifs is 3. The number of aromatic nitrogens is 2. The number of hydrogen-bond acceptors (Lipinski definition) is 1. The largest absolute Gasteiger partial charge is 0.312 e. The molecule has 0 saturated heterocycles. The van der Waals surface area contributed by atoms with Gasteiger partial charge in [-0.25, -0.2) is 0 Å². The van der Waals surface area contributed by atoms with E-state index in [9.17, 15) is 0 Å². The van der Waals surface area contributed by atoms with E-state index in [4.69, 9.17) is 0 Å². The Bertz CT molecular complexity index is 655. The number of aryl methyl sites for hydroxylation is 1. The molecule has 0 bridgehead atoms. The Balaban J connectivity index is 2.65. The molecular weight excluding hydrogens is 252 g/mol. The summed E-state index contributed by atoms with van der Waals surface area (Å²) in [7, 11) is 0. The van der Waals surface area contributed by atoms with Gasteiger partial charge in [-0.1, -0.05) is 12.1 Å². The van der Waals surface area contributed by atoms with Crippen molar-refractivity contribution in [3.05, 3.63) is 46.8 Å². The van der Waals surface area contributed by atoms with Crippen LogP contribution in [0.25, 0.3) is 16.4 Å².